The number of nitrogens with zero attached hydrogens (tertiary/aromatic N) is 2. The van der Waals surface area contributed by atoms with Gasteiger partial charge in [-0.15, -0.1) is 0 Å². The molecule has 2 atom stereocenters. The average molecular weight is 334 g/mol. The summed E-state index contributed by atoms with van der Waals surface area (Å²) in [6, 6.07) is 10.2. The van der Waals surface area contributed by atoms with Gasteiger partial charge in [0.2, 0.25) is 0 Å². The Hall–Kier alpha value is -1.90. The molecule has 0 radical (unpaired) electrons. The van der Waals surface area contributed by atoms with Crippen molar-refractivity contribution in [3.63, 3.8) is 0 Å². The summed E-state index contributed by atoms with van der Waals surface area (Å²) in [6.07, 6.45) is 9.02. The molecule has 5 rings (SSSR count). The second-order valence-electron chi connectivity index (χ2n) is 8.23. The van der Waals surface area contributed by atoms with Gasteiger partial charge in [-0.2, -0.15) is 0 Å². The van der Waals surface area contributed by atoms with E-state index in [2.05, 4.69) is 17.0 Å². The zero-order valence-electron chi connectivity index (χ0n) is 14.8. The van der Waals surface area contributed by atoms with Crippen LogP contribution >= 0.6 is 0 Å². The van der Waals surface area contributed by atoms with Crippen molar-refractivity contribution >= 4 is 16.8 Å². The highest BCUT2D eigenvalue weighted by Crippen LogP contribution is 2.41. The molecule has 0 unspecified atom stereocenters. The van der Waals surface area contributed by atoms with Gasteiger partial charge in [-0.1, -0.05) is 37.5 Å². The summed E-state index contributed by atoms with van der Waals surface area (Å²) in [5.41, 5.74) is 2.97. The zero-order chi connectivity index (χ0) is 16.8. The van der Waals surface area contributed by atoms with Crippen molar-refractivity contribution in [2.24, 2.45) is 11.8 Å². The molecular weight excluding hydrogens is 308 g/mol. The Bertz CT molecular complexity index is 811. The number of para-hydroxylation sites is 1. The van der Waals surface area contributed by atoms with Crippen molar-refractivity contribution in [2.75, 3.05) is 13.1 Å². The van der Waals surface area contributed by atoms with E-state index < -0.39 is 0 Å². The number of hydrogen-bond acceptors (Lipinski definition) is 2. The van der Waals surface area contributed by atoms with E-state index in [1.807, 2.05) is 18.2 Å². The molecule has 25 heavy (non-hydrogen) atoms. The summed E-state index contributed by atoms with van der Waals surface area (Å²) in [7, 11) is 0. The topological polar surface area (TPSA) is 33.2 Å². The molecule has 2 heterocycles. The summed E-state index contributed by atoms with van der Waals surface area (Å²) in [5, 5.41) is 1.02. The molecule has 1 aromatic heterocycles. The van der Waals surface area contributed by atoms with Crippen molar-refractivity contribution in [1.29, 1.82) is 0 Å². The Morgan fingerprint density at radius 3 is 2.64 bits per heavy atom. The van der Waals surface area contributed by atoms with Gasteiger partial charge < -0.3 is 4.90 Å². The van der Waals surface area contributed by atoms with E-state index in [-0.39, 0.29) is 5.91 Å². The van der Waals surface area contributed by atoms with Crippen LogP contribution in [0.25, 0.3) is 10.9 Å². The number of likely N-dealkylation sites (tertiary alicyclic amines) is 1. The number of pyridine rings is 1. The molecule has 2 saturated carbocycles. The number of fused-ring (bicyclic) bond motifs is 2. The maximum Gasteiger partial charge on any atom is 0.254 e. The second kappa shape index (κ2) is 6.12. The molecule has 2 aromatic rings. The molecule has 3 fully saturated rings. The van der Waals surface area contributed by atoms with Crippen molar-refractivity contribution in [2.45, 2.75) is 50.9 Å². The molecule has 1 saturated heterocycles. The number of piperidine rings is 1. The van der Waals surface area contributed by atoms with Crippen molar-refractivity contribution in [3.05, 3.63) is 41.6 Å². The van der Waals surface area contributed by atoms with Gasteiger partial charge in [0.1, 0.15) is 0 Å². The normalized spacial score (nSPS) is 26.5. The Labute approximate surface area is 149 Å². The molecule has 1 aromatic carbocycles. The third kappa shape index (κ3) is 2.84. The van der Waals surface area contributed by atoms with Crippen LogP contribution in [0.4, 0.5) is 0 Å². The van der Waals surface area contributed by atoms with Crippen LogP contribution in [0.1, 0.15) is 66.9 Å². The summed E-state index contributed by atoms with van der Waals surface area (Å²) >= 11 is 0. The molecule has 2 aliphatic carbocycles. The van der Waals surface area contributed by atoms with Crippen LogP contribution < -0.4 is 0 Å². The fraction of sp³-hybridized carbons (Fsp3) is 0.545. The van der Waals surface area contributed by atoms with Crippen LogP contribution in [-0.4, -0.2) is 28.9 Å². The minimum absolute atomic E-state index is 0.226. The van der Waals surface area contributed by atoms with E-state index in [0.29, 0.717) is 5.92 Å². The van der Waals surface area contributed by atoms with Gasteiger partial charge in [-0.05, 0) is 49.7 Å². The fourth-order valence-corrected chi connectivity index (χ4v) is 4.92. The van der Waals surface area contributed by atoms with Gasteiger partial charge in [-0.3, -0.25) is 9.78 Å². The lowest BCUT2D eigenvalue weighted by atomic mass is 9.75. The summed E-state index contributed by atoms with van der Waals surface area (Å²) in [4.78, 5) is 20.3. The van der Waals surface area contributed by atoms with E-state index in [4.69, 9.17) is 4.98 Å². The number of rotatable bonds is 2. The number of benzene rings is 1. The number of carbonyl (C=O) groups excluding carboxylic acids is 1. The smallest absolute Gasteiger partial charge is 0.254 e. The predicted octanol–water partition coefficient (Wildman–Crippen LogP) is 4.76. The largest absolute Gasteiger partial charge is 0.338 e. The number of carbonyl (C=O) groups is 1. The van der Waals surface area contributed by atoms with Crippen LogP contribution in [0.2, 0.25) is 0 Å². The molecule has 3 heteroatoms. The Balaban J connectivity index is 1.48. The SMILES string of the molecule is O=C(c1cc(C2CC2)nc2ccccc12)N1CC[C@H]2CCCC[C@@H]2C1. The average Bonchev–Trinajstić information content (AvgIpc) is 3.51. The summed E-state index contributed by atoms with van der Waals surface area (Å²) in [6.45, 7) is 1.88. The van der Waals surface area contributed by atoms with E-state index in [9.17, 15) is 4.79 Å². The van der Waals surface area contributed by atoms with E-state index in [0.717, 1.165) is 47.1 Å². The quantitative estimate of drug-likeness (QED) is 0.793. The molecule has 3 nitrogen and oxygen atoms in total. The van der Waals surface area contributed by atoms with Crippen LogP contribution in [0.5, 0.6) is 0 Å². The predicted molar refractivity (Wildman–Crippen MR) is 99.7 cm³/mol. The van der Waals surface area contributed by atoms with Gasteiger partial charge in [0.25, 0.3) is 5.91 Å². The molecule has 1 amide bonds. The van der Waals surface area contributed by atoms with Crippen molar-refractivity contribution in [1.82, 2.24) is 9.88 Å². The van der Waals surface area contributed by atoms with Gasteiger partial charge in [0.05, 0.1) is 11.1 Å². The standard InChI is InChI=1S/C22H26N2O/c25-22(24-12-11-15-5-1-2-6-17(15)14-24)19-13-21(16-9-10-16)23-20-8-4-3-7-18(19)20/h3-4,7-8,13,15-17H,1-2,5-6,9-12,14H2/t15-,17-/m1/s1. The Morgan fingerprint density at radius 2 is 1.80 bits per heavy atom. The molecule has 0 N–H and O–H groups in total. The monoisotopic (exact) mass is 334 g/mol. The first-order valence-corrected chi connectivity index (χ1v) is 9.98. The lowest BCUT2D eigenvalue weighted by molar-refractivity contribution is 0.0522. The Kier molecular flexibility index (Phi) is 3.76. The third-order valence-corrected chi connectivity index (χ3v) is 6.54. The van der Waals surface area contributed by atoms with Crippen LogP contribution in [-0.2, 0) is 0 Å². The molecule has 130 valence electrons. The molecule has 0 bridgehead atoms. The van der Waals surface area contributed by atoms with Crippen molar-refractivity contribution in [3.8, 4) is 0 Å². The molecule has 1 aliphatic heterocycles. The first kappa shape index (κ1) is 15.4. The summed E-state index contributed by atoms with van der Waals surface area (Å²) < 4.78 is 0. The summed E-state index contributed by atoms with van der Waals surface area (Å²) in [5.74, 6) is 2.38. The van der Waals surface area contributed by atoms with Gasteiger partial charge in [0, 0.05) is 30.1 Å². The number of aromatic nitrogens is 1. The maximum absolute atomic E-state index is 13.4. The first-order chi connectivity index (χ1) is 12.3. The van der Waals surface area contributed by atoms with E-state index in [1.165, 1.54) is 44.9 Å². The van der Waals surface area contributed by atoms with Gasteiger partial charge in [-0.25, -0.2) is 0 Å². The highest BCUT2D eigenvalue weighted by Gasteiger charge is 2.34. The maximum atomic E-state index is 13.4. The molecule has 3 aliphatic rings. The lowest BCUT2D eigenvalue weighted by Crippen LogP contribution is -2.44. The minimum atomic E-state index is 0.226. The third-order valence-electron chi connectivity index (χ3n) is 6.54. The van der Waals surface area contributed by atoms with Gasteiger partial charge in [0.15, 0.2) is 0 Å². The lowest BCUT2D eigenvalue weighted by Gasteiger charge is -2.41. The number of hydrogen-bond donors (Lipinski definition) is 0. The van der Waals surface area contributed by atoms with E-state index >= 15 is 0 Å². The van der Waals surface area contributed by atoms with Crippen LogP contribution in [0.15, 0.2) is 30.3 Å². The minimum Gasteiger partial charge on any atom is -0.338 e. The highest BCUT2D eigenvalue weighted by atomic mass is 16.2. The Morgan fingerprint density at radius 1 is 1.00 bits per heavy atom. The van der Waals surface area contributed by atoms with Gasteiger partial charge >= 0.3 is 0 Å². The van der Waals surface area contributed by atoms with Crippen LogP contribution in [0, 0.1) is 11.8 Å². The fourth-order valence-electron chi connectivity index (χ4n) is 4.92. The van der Waals surface area contributed by atoms with Crippen molar-refractivity contribution < 1.29 is 4.79 Å². The number of amides is 1. The first-order valence-electron chi connectivity index (χ1n) is 9.98. The second-order valence-corrected chi connectivity index (χ2v) is 8.23. The molecule has 0 spiro atoms. The van der Waals surface area contributed by atoms with Crippen LogP contribution in [0.3, 0.4) is 0 Å². The van der Waals surface area contributed by atoms with E-state index in [1.54, 1.807) is 0 Å². The zero-order valence-corrected chi connectivity index (χ0v) is 14.8. The molecular formula is C22H26N2O. The highest BCUT2D eigenvalue weighted by molar-refractivity contribution is 6.06.